The number of aromatic carboxylic acids is 1. The summed E-state index contributed by atoms with van der Waals surface area (Å²) in [5.41, 5.74) is 1.28. The molecule has 4 nitrogen and oxygen atoms in total. The molecule has 1 aliphatic rings. The molecule has 0 amide bonds. The van der Waals surface area contributed by atoms with Crippen molar-refractivity contribution in [3.63, 3.8) is 0 Å². The van der Waals surface area contributed by atoms with E-state index in [2.05, 4.69) is 4.90 Å². The molecule has 1 atom stereocenters. The van der Waals surface area contributed by atoms with Crippen molar-refractivity contribution in [1.82, 2.24) is 0 Å². The van der Waals surface area contributed by atoms with E-state index in [1.165, 1.54) is 0 Å². The molecular weight excluding hydrogens is 206 g/mol. The van der Waals surface area contributed by atoms with Gasteiger partial charge in [0.15, 0.2) is 0 Å². The number of hydrogen-bond donors (Lipinski definition) is 1. The molecule has 1 aliphatic heterocycles. The second kappa shape index (κ2) is 4.53. The number of nitrogens with zero attached hydrogens (tertiary/aromatic N) is 1. The Bertz CT molecular complexity index is 392. The average molecular weight is 221 g/mol. The SMILES string of the molecule is CC1CN(c2cccc(C(=O)O)c2)CCO1. The summed E-state index contributed by atoms with van der Waals surface area (Å²) < 4.78 is 5.45. The van der Waals surface area contributed by atoms with Gasteiger partial charge in [-0.15, -0.1) is 0 Å². The number of carboxylic acids is 1. The molecule has 16 heavy (non-hydrogen) atoms. The number of anilines is 1. The van der Waals surface area contributed by atoms with Crippen LogP contribution in [0.5, 0.6) is 0 Å². The first kappa shape index (κ1) is 11.0. The van der Waals surface area contributed by atoms with E-state index in [1.54, 1.807) is 18.2 Å². The summed E-state index contributed by atoms with van der Waals surface area (Å²) in [7, 11) is 0. The maximum atomic E-state index is 10.9. The predicted molar refractivity (Wildman–Crippen MR) is 61.0 cm³/mol. The summed E-state index contributed by atoms with van der Waals surface area (Å²) in [5, 5.41) is 8.92. The predicted octanol–water partition coefficient (Wildman–Crippen LogP) is 1.61. The van der Waals surface area contributed by atoms with Crippen molar-refractivity contribution >= 4 is 11.7 Å². The smallest absolute Gasteiger partial charge is 0.335 e. The zero-order valence-corrected chi connectivity index (χ0v) is 9.22. The minimum Gasteiger partial charge on any atom is -0.478 e. The summed E-state index contributed by atoms with van der Waals surface area (Å²) in [5.74, 6) is -0.886. The molecule has 1 aromatic rings. The van der Waals surface area contributed by atoms with E-state index >= 15 is 0 Å². The Morgan fingerprint density at radius 1 is 1.56 bits per heavy atom. The van der Waals surface area contributed by atoms with E-state index in [0.717, 1.165) is 18.8 Å². The Morgan fingerprint density at radius 2 is 2.38 bits per heavy atom. The topological polar surface area (TPSA) is 49.8 Å². The lowest BCUT2D eigenvalue weighted by molar-refractivity contribution is 0.0532. The van der Waals surface area contributed by atoms with Crippen LogP contribution in [-0.2, 0) is 4.74 Å². The van der Waals surface area contributed by atoms with Gasteiger partial charge in [-0.1, -0.05) is 6.07 Å². The first-order valence-corrected chi connectivity index (χ1v) is 5.37. The number of rotatable bonds is 2. The van der Waals surface area contributed by atoms with Crippen LogP contribution in [0, 0.1) is 0 Å². The van der Waals surface area contributed by atoms with Crippen LogP contribution < -0.4 is 4.90 Å². The Kier molecular flexibility index (Phi) is 3.10. The largest absolute Gasteiger partial charge is 0.478 e. The van der Waals surface area contributed by atoms with Crippen molar-refractivity contribution in [3.8, 4) is 0 Å². The van der Waals surface area contributed by atoms with Crippen LogP contribution in [0.2, 0.25) is 0 Å². The van der Waals surface area contributed by atoms with Gasteiger partial charge in [-0.25, -0.2) is 4.79 Å². The molecule has 1 aromatic carbocycles. The highest BCUT2D eigenvalue weighted by molar-refractivity contribution is 5.88. The molecule has 86 valence electrons. The Hall–Kier alpha value is -1.55. The molecule has 2 rings (SSSR count). The molecule has 1 heterocycles. The number of hydrogen-bond acceptors (Lipinski definition) is 3. The van der Waals surface area contributed by atoms with E-state index in [0.29, 0.717) is 12.2 Å². The molecule has 1 fully saturated rings. The Balaban J connectivity index is 2.19. The second-order valence-corrected chi connectivity index (χ2v) is 3.98. The highest BCUT2D eigenvalue weighted by atomic mass is 16.5. The van der Waals surface area contributed by atoms with Gasteiger partial charge in [0, 0.05) is 18.8 Å². The van der Waals surface area contributed by atoms with Gasteiger partial charge in [-0.05, 0) is 25.1 Å². The van der Waals surface area contributed by atoms with Crippen molar-refractivity contribution in [1.29, 1.82) is 0 Å². The molecule has 1 unspecified atom stereocenters. The van der Waals surface area contributed by atoms with Crippen molar-refractivity contribution in [2.75, 3.05) is 24.6 Å². The maximum absolute atomic E-state index is 10.9. The molecule has 0 radical (unpaired) electrons. The van der Waals surface area contributed by atoms with Crippen LogP contribution >= 0.6 is 0 Å². The number of morpholine rings is 1. The zero-order chi connectivity index (χ0) is 11.5. The highest BCUT2D eigenvalue weighted by Gasteiger charge is 2.17. The normalized spacial score (nSPS) is 20.8. The molecule has 1 saturated heterocycles. The average Bonchev–Trinajstić information content (AvgIpc) is 2.29. The van der Waals surface area contributed by atoms with Crippen molar-refractivity contribution < 1.29 is 14.6 Å². The molecule has 0 saturated carbocycles. The first-order chi connectivity index (χ1) is 7.66. The van der Waals surface area contributed by atoms with Crippen molar-refractivity contribution in [2.24, 2.45) is 0 Å². The lowest BCUT2D eigenvalue weighted by atomic mass is 10.1. The van der Waals surface area contributed by atoms with E-state index in [-0.39, 0.29) is 6.10 Å². The van der Waals surface area contributed by atoms with Crippen LogP contribution in [0.1, 0.15) is 17.3 Å². The van der Waals surface area contributed by atoms with Crippen molar-refractivity contribution in [3.05, 3.63) is 29.8 Å². The van der Waals surface area contributed by atoms with Crippen LogP contribution in [0.15, 0.2) is 24.3 Å². The molecule has 0 aliphatic carbocycles. The number of carboxylic acid groups (broad SMARTS) is 1. The highest BCUT2D eigenvalue weighted by Crippen LogP contribution is 2.19. The maximum Gasteiger partial charge on any atom is 0.335 e. The summed E-state index contributed by atoms with van der Waals surface area (Å²) in [6, 6.07) is 7.03. The fraction of sp³-hybridized carbons (Fsp3) is 0.417. The van der Waals surface area contributed by atoms with Gasteiger partial charge < -0.3 is 14.7 Å². The number of ether oxygens (including phenoxy) is 1. The van der Waals surface area contributed by atoms with E-state index in [1.807, 2.05) is 13.0 Å². The van der Waals surface area contributed by atoms with Crippen LogP contribution in [0.3, 0.4) is 0 Å². The third-order valence-corrected chi connectivity index (χ3v) is 2.70. The Labute approximate surface area is 94.4 Å². The summed E-state index contributed by atoms with van der Waals surface area (Å²) in [6.45, 7) is 4.34. The quantitative estimate of drug-likeness (QED) is 0.824. The van der Waals surface area contributed by atoms with Gasteiger partial charge in [0.25, 0.3) is 0 Å². The van der Waals surface area contributed by atoms with E-state index in [4.69, 9.17) is 9.84 Å². The van der Waals surface area contributed by atoms with Crippen LogP contribution in [-0.4, -0.2) is 36.9 Å². The van der Waals surface area contributed by atoms with Crippen molar-refractivity contribution in [2.45, 2.75) is 13.0 Å². The van der Waals surface area contributed by atoms with Gasteiger partial charge in [0.2, 0.25) is 0 Å². The monoisotopic (exact) mass is 221 g/mol. The summed E-state index contributed by atoms with van der Waals surface area (Å²) >= 11 is 0. The molecular formula is C12H15NO3. The molecule has 1 N–H and O–H groups in total. The lowest BCUT2D eigenvalue weighted by Crippen LogP contribution is -2.41. The van der Waals surface area contributed by atoms with E-state index < -0.39 is 5.97 Å². The number of benzene rings is 1. The third-order valence-electron chi connectivity index (χ3n) is 2.70. The molecule has 4 heteroatoms. The van der Waals surface area contributed by atoms with Crippen LogP contribution in [0.25, 0.3) is 0 Å². The zero-order valence-electron chi connectivity index (χ0n) is 9.22. The van der Waals surface area contributed by atoms with E-state index in [9.17, 15) is 4.79 Å². The minimum atomic E-state index is -0.886. The summed E-state index contributed by atoms with van der Waals surface area (Å²) in [4.78, 5) is 13.0. The summed E-state index contributed by atoms with van der Waals surface area (Å²) in [6.07, 6.45) is 0.197. The molecule has 0 aromatic heterocycles. The number of carbonyl (C=O) groups is 1. The first-order valence-electron chi connectivity index (χ1n) is 5.37. The lowest BCUT2D eigenvalue weighted by Gasteiger charge is -2.33. The van der Waals surface area contributed by atoms with Gasteiger partial charge >= 0.3 is 5.97 Å². The van der Waals surface area contributed by atoms with Crippen LogP contribution in [0.4, 0.5) is 5.69 Å². The second-order valence-electron chi connectivity index (χ2n) is 3.98. The minimum absolute atomic E-state index is 0.197. The van der Waals surface area contributed by atoms with Gasteiger partial charge in [0.05, 0.1) is 18.3 Å². The Morgan fingerprint density at radius 3 is 3.06 bits per heavy atom. The molecule has 0 spiro atoms. The third kappa shape index (κ3) is 2.33. The van der Waals surface area contributed by atoms with Gasteiger partial charge in [-0.2, -0.15) is 0 Å². The van der Waals surface area contributed by atoms with Gasteiger partial charge in [-0.3, -0.25) is 0 Å². The molecule has 0 bridgehead atoms. The fourth-order valence-corrected chi connectivity index (χ4v) is 1.89. The fourth-order valence-electron chi connectivity index (χ4n) is 1.89. The van der Waals surface area contributed by atoms with Gasteiger partial charge in [0.1, 0.15) is 0 Å². The standard InChI is InChI=1S/C12H15NO3/c1-9-8-13(5-6-16-9)11-4-2-3-10(7-11)12(14)15/h2-4,7,9H,5-6,8H2,1H3,(H,14,15).